The maximum Gasteiger partial charge on any atom is 0.304 e. The number of benzene rings is 2. The Hall–Kier alpha value is -2.37. The van der Waals surface area contributed by atoms with Gasteiger partial charge in [0, 0.05) is 11.9 Å². The summed E-state index contributed by atoms with van der Waals surface area (Å²) in [6, 6.07) is 14.0. The molecule has 2 aromatic carbocycles. The molecule has 1 N–H and O–H groups in total. The van der Waals surface area contributed by atoms with Crippen LogP contribution in [-0.2, 0) is 26.2 Å². The molecular weight excluding hydrogens is 376 g/mol. The summed E-state index contributed by atoms with van der Waals surface area (Å²) in [5, 5.41) is 4.06. The molecule has 0 bridgehead atoms. The van der Waals surface area contributed by atoms with Crippen LogP contribution in [0.25, 0.3) is 0 Å². The number of anilines is 1. The molecule has 0 aliphatic carbocycles. The Kier molecular flexibility index (Phi) is 5.13. The molecule has 1 amide bonds. The highest BCUT2D eigenvalue weighted by Crippen LogP contribution is 2.47. The maximum atomic E-state index is 13.4. The highest BCUT2D eigenvalue weighted by Gasteiger charge is 2.51. The monoisotopic (exact) mass is 398 g/mol. The van der Waals surface area contributed by atoms with Crippen LogP contribution in [0.3, 0.4) is 0 Å². The van der Waals surface area contributed by atoms with Gasteiger partial charge in [-0.25, -0.2) is 0 Å². The fourth-order valence-corrected chi connectivity index (χ4v) is 4.38. The molecule has 0 aromatic heterocycles. The first-order valence-corrected chi connectivity index (χ1v) is 9.91. The molecule has 0 unspecified atom stereocenters. The summed E-state index contributed by atoms with van der Waals surface area (Å²) in [5.74, 6) is -0.353. The van der Waals surface area contributed by atoms with Crippen LogP contribution in [0.5, 0.6) is 0 Å². The summed E-state index contributed by atoms with van der Waals surface area (Å²) < 4.78 is 5.16. The summed E-state index contributed by atoms with van der Waals surface area (Å²) in [5.41, 5.74) is 3.70. The van der Waals surface area contributed by atoms with Crippen molar-refractivity contribution < 1.29 is 14.3 Å². The van der Waals surface area contributed by atoms with Gasteiger partial charge < -0.3 is 10.1 Å². The van der Waals surface area contributed by atoms with E-state index in [1.54, 1.807) is 4.90 Å². The van der Waals surface area contributed by atoms with E-state index in [4.69, 9.17) is 16.3 Å². The van der Waals surface area contributed by atoms with Gasteiger partial charge in [0.2, 0.25) is 5.91 Å². The fraction of sp³-hybridized carbons (Fsp3) is 0.364. The quantitative estimate of drug-likeness (QED) is 0.802. The van der Waals surface area contributed by atoms with E-state index in [9.17, 15) is 9.59 Å². The van der Waals surface area contributed by atoms with E-state index >= 15 is 0 Å². The van der Waals surface area contributed by atoms with E-state index in [0.717, 1.165) is 54.2 Å². The Morgan fingerprint density at radius 2 is 1.82 bits per heavy atom. The number of esters is 1. The second-order valence-corrected chi connectivity index (χ2v) is 7.92. The molecule has 2 aliphatic rings. The fourth-order valence-electron chi connectivity index (χ4n) is 4.25. The predicted octanol–water partition coefficient (Wildman–Crippen LogP) is 3.42. The number of rotatable bonds is 4. The zero-order valence-electron chi connectivity index (χ0n) is 15.8. The molecule has 0 atom stereocenters. The van der Waals surface area contributed by atoms with E-state index in [1.807, 2.05) is 36.4 Å². The number of halogens is 1. The van der Waals surface area contributed by atoms with Gasteiger partial charge >= 0.3 is 5.97 Å². The minimum Gasteiger partial charge on any atom is -0.444 e. The molecule has 2 aromatic rings. The van der Waals surface area contributed by atoms with Gasteiger partial charge in [0.05, 0.1) is 11.1 Å². The molecule has 1 spiro atoms. The Morgan fingerprint density at radius 3 is 2.50 bits per heavy atom. The summed E-state index contributed by atoms with van der Waals surface area (Å²) in [7, 11) is 0. The second-order valence-electron chi connectivity index (χ2n) is 7.49. The molecule has 28 heavy (non-hydrogen) atoms. The number of nitrogens with one attached hydrogen (secondary N) is 1. The van der Waals surface area contributed by atoms with Gasteiger partial charge in [-0.1, -0.05) is 35.9 Å². The van der Waals surface area contributed by atoms with E-state index < -0.39 is 5.41 Å². The molecular formula is C22H23ClN2O3. The molecule has 0 radical (unpaired) electrons. The van der Waals surface area contributed by atoms with E-state index in [1.165, 1.54) is 12.5 Å². The van der Waals surface area contributed by atoms with Gasteiger partial charge in [0.25, 0.3) is 0 Å². The SMILES string of the molecule is CC(=O)OCN1C(=O)C2(CCNCC2)c2cc(Cc3ccc(Cl)cc3)ccc21. The first kappa shape index (κ1) is 19.0. The number of carbonyl (C=O) groups is 2. The number of nitrogens with zero attached hydrogens (tertiary/aromatic N) is 1. The summed E-state index contributed by atoms with van der Waals surface area (Å²) >= 11 is 5.99. The normalized spacial score (nSPS) is 17.6. The Morgan fingerprint density at radius 1 is 1.14 bits per heavy atom. The summed E-state index contributed by atoms with van der Waals surface area (Å²) in [6.45, 7) is 2.92. The number of fused-ring (bicyclic) bond motifs is 2. The van der Waals surface area contributed by atoms with Crippen molar-refractivity contribution in [1.29, 1.82) is 0 Å². The minimum atomic E-state index is -0.531. The molecule has 2 heterocycles. The highest BCUT2D eigenvalue weighted by molar-refractivity contribution is 6.30. The number of ether oxygens (including phenoxy) is 1. The lowest BCUT2D eigenvalue weighted by molar-refractivity contribution is -0.141. The van der Waals surface area contributed by atoms with Crippen molar-refractivity contribution in [2.45, 2.75) is 31.6 Å². The third-order valence-electron chi connectivity index (χ3n) is 5.70. The van der Waals surface area contributed by atoms with E-state index in [2.05, 4.69) is 11.4 Å². The van der Waals surface area contributed by atoms with Gasteiger partial charge in [-0.15, -0.1) is 0 Å². The van der Waals surface area contributed by atoms with Crippen molar-refractivity contribution in [2.24, 2.45) is 0 Å². The lowest BCUT2D eigenvalue weighted by Crippen LogP contribution is -2.47. The smallest absolute Gasteiger partial charge is 0.304 e. The molecule has 6 heteroatoms. The third-order valence-corrected chi connectivity index (χ3v) is 5.95. The molecule has 1 fully saturated rings. The van der Waals surface area contributed by atoms with Crippen LogP contribution in [0.15, 0.2) is 42.5 Å². The predicted molar refractivity (Wildman–Crippen MR) is 109 cm³/mol. The number of amides is 1. The van der Waals surface area contributed by atoms with Gasteiger partial charge in [0.15, 0.2) is 6.73 Å². The number of hydrogen-bond donors (Lipinski definition) is 1. The Labute approximate surface area is 169 Å². The van der Waals surface area contributed by atoms with Crippen molar-refractivity contribution in [1.82, 2.24) is 5.32 Å². The number of carbonyl (C=O) groups excluding carboxylic acids is 2. The van der Waals surface area contributed by atoms with Crippen molar-refractivity contribution in [3.05, 3.63) is 64.2 Å². The third kappa shape index (κ3) is 3.40. The average Bonchev–Trinajstić information content (AvgIpc) is 2.91. The first-order valence-electron chi connectivity index (χ1n) is 9.53. The molecule has 146 valence electrons. The zero-order chi connectivity index (χ0) is 19.7. The summed E-state index contributed by atoms with van der Waals surface area (Å²) in [4.78, 5) is 26.3. The van der Waals surface area contributed by atoms with Crippen LogP contribution < -0.4 is 10.2 Å². The van der Waals surface area contributed by atoms with Crippen LogP contribution in [0.1, 0.15) is 36.5 Å². The molecule has 0 saturated carbocycles. The largest absolute Gasteiger partial charge is 0.444 e. The summed E-state index contributed by atoms with van der Waals surface area (Å²) in [6.07, 6.45) is 2.27. The molecule has 1 saturated heterocycles. The lowest BCUT2D eigenvalue weighted by atomic mass is 9.73. The first-order chi connectivity index (χ1) is 13.5. The van der Waals surface area contributed by atoms with Gasteiger partial charge in [0.1, 0.15) is 0 Å². The average molecular weight is 399 g/mol. The van der Waals surface area contributed by atoms with Crippen LogP contribution in [0.4, 0.5) is 5.69 Å². The maximum absolute atomic E-state index is 13.4. The molecule has 5 nitrogen and oxygen atoms in total. The van der Waals surface area contributed by atoms with Crippen LogP contribution in [0, 0.1) is 0 Å². The Bertz CT molecular complexity index is 904. The van der Waals surface area contributed by atoms with E-state index in [0.29, 0.717) is 0 Å². The number of hydrogen-bond acceptors (Lipinski definition) is 4. The highest BCUT2D eigenvalue weighted by atomic mass is 35.5. The van der Waals surface area contributed by atoms with Gasteiger partial charge in [-0.05, 0) is 67.2 Å². The van der Waals surface area contributed by atoms with Crippen molar-refractivity contribution in [2.75, 3.05) is 24.7 Å². The number of piperidine rings is 1. The van der Waals surface area contributed by atoms with Gasteiger partial charge in [-0.2, -0.15) is 0 Å². The minimum absolute atomic E-state index is 0.0348. The lowest BCUT2D eigenvalue weighted by Gasteiger charge is -2.33. The van der Waals surface area contributed by atoms with Crippen molar-refractivity contribution in [3.8, 4) is 0 Å². The van der Waals surface area contributed by atoms with Crippen LogP contribution >= 0.6 is 11.6 Å². The molecule has 4 rings (SSSR count). The van der Waals surface area contributed by atoms with Crippen molar-refractivity contribution >= 4 is 29.2 Å². The van der Waals surface area contributed by atoms with Crippen LogP contribution in [-0.4, -0.2) is 31.7 Å². The van der Waals surface area contributed by atoms with Crippen LogP contribution in [0.2, 0.25) is 5.02 Å². The van der Waals surface area contributed by atoms with E-state index in [-0.39, 0.29) is 18.6 Å². The Balaban J connectivity index is 1.69. The topological polar surface area (TPSA) is 58.6 Å². The standard InChI is InChI=1S/C22H23ClN2O3/c1-15(26)28-14-25-20-7-4-17(12-16-2-5-18(23)6-3-16)13-19(20)22(21(25)27)8-10-24-11-9-22/h2-7,13,24H,8-12,14H2,1H3. The zero-order valence-corrected chi connectivity index (χ0v) is 16.6. The molecule has 2 aliphatic heterocycles. The van der Waals surface area contributed by atoms with Gasteiger partial charge in [-0.3, -0.25) is 14.5 Å². The van der Waals surface area contributed by atoms with Crippen molar-refractivity contribution in [3.63, 3.8) is 0 Å². The second kappa shape index (κ2) is 7.57.